The SMILES string of the molecule is CC/C=C\CCOC1(OCC/C=C\CC)OCC(CNCCOC)O1. The molecule has 0 radical (unpaired) electrons. The fourth-order valence-electron chi connectivity index (χ4n) is 2.27. The molecule has 0 aliphatic carbocycles. The second-order valence-corrected chi connectivity index (χ2v) is 5.78. The molecule has 146 valence electrons. The van der Waals surface area contributed by atoms with Crippen molar-refractivity contribution in [2.45, 2.75) is 51.8 Å². The molecule has 6 heteroatoms. The van der Waals surface area contributed by atoms with Crippen molar-refractivity contribution in [3.8, 4) is 0 Å². The minimum absolute atomic E-state index is 0.103. The molecule has 0 spiro atoms. The van der Waals surface area contributed by atoms with Gasteiger partial charge >= 0.3 is 6.16 Å². The zero-order valence-electron chi connectivity index (χ0n) is 16.0. The van der Waals surface area contributed by atoms with Gasteiger partial charge in [-0.25, -0.2) is 0 Å². The number of hydrogen-bond donors (Lipinski definition) is 1. The maximum atomic E-state index is 5.92. The second kappa shape index (κ2) is 14.4. The number of methoxy groups -OCH3 is 1. The van der Waals surface area contributed by atoms with Gasteiger partial charge in [0.05, 0.1) is 26.4 Å². The zero-order valence-corrected chi connectivity index (χ0v) is 16.0. The predicted molar refractivity (Wildman–Crippen MR) is 98.3 cm³/mol. The average molecular weight is 357 g/mol. The fraction of sp³-hybridized carbons (Fsp3) is 0.789. The van der Waals surface area contributed by atoms with Crippen LogP contribution in [0.25, 0.3) is 0 Å². The van der Waals surface area contributed by atoms with Gasteiger partial charge in [0.1, 0.15) is 6.10 Å². The van der Waals surface area contributed by atoms with Crippen molar-refractivity contribution < 1.29 is 23.7 Å². The predicted octanol–water partition coefficient (Wildman–Crippen LogP) is 2.99. The standard InChI is InChI=1S/C19H35NO5/c1-4-6-8-10-13-22-19(23-14-11-9-7-5-2)24-17-18(25-19)16-20-12-15-21-3/h6-9,18,20H,4-5,10-17H2,1-3H3/b8-6-,9-7-. The van der Waals surface area contributed by atoms with Crippen molar-refractivity contribution in [2.24, 2.45) is 0 Å². The molecule has 0 saturated carbocycles. The van der Waals surface area contributed by atoms with Gasteiger partial charge in [0, 0.05) is 20.2 Å². The van der Waals surface area contributed by atoms with Crippen LogP contribution in [0.5, 0.6) is 0 Å². The van der Waals surface area contributed by atoms with E-state index in [1.165, 1.54) is 0 Å². The Kier molecular flexibility index (Phi) is 12.8. The Morgan fingerprint density at radius 1 is 1.00 bits per heavy atom. The average Bonchev–Trinajstić information content (AvgIpc) is 3.02. The molecule has 0 aromatic heterocycles. The molecular weight excluding hydrogens is 322 g/mol. The van der Waals surface area contributed by atoms with Gasteiger partial charge in [-0.2, -0.15) is 0 Å². The van der Waals surface area contributed by atoms with Crippen LogP contribution in [0.15, 0.2) is 24.3 Å². The third kappa shape index (κ3) is 10.1. The third-order valence-electron chi connectivity index (χ3n) is 3.54. The zero-order chi connectivity index (χ0) is 18.2. The summed E-state index contributed by atoms with van der Waals surface area (Å²) in [6.45, 7) is 7.75. The number of allylic oxidation sites excluding steroid dienone is 2. The summed E-state index contributed by atoms with van der Waals surface area (Å²) in [4.78, 5) is 0. The van der Waals surface area contributed by atoms with E-state index in [4.69, 9.17) is 23.7 Å². The molecule has 0 bridgehead atoms. The molecule has 25 heavy (non-hydrogen) atoms. The van der Waals surface area contributed by atoms with Crippen LogP contribution < -0.4 is 5.32 Å². The van der Waals surface area contributed by atoms with E-state index < -0.39 is 6.16 Å². The topological polar surface area (TPSA) is 58.2 Å². The van der Waals surface area contributed by atoms with E-state index in [2.05, 4.69) is 43.5 Å². The summed E-state index contributed by atoms with van der Waals surface area (Å²) in [6, 6.07) is 0. The molecule has 0 aromatic carbocycles. The van der Waals surface area contributed by atoms with Crippen LogP contribution in [0, 0.1) is 0 Å². The van der Waals surface area contributed by atoms with Crippen molar-refractivity contribution in [1.82, 2.24) is 5.32 Å². The molecule has 1 aliphatic rings. The lowest BCUT2D eigenvalue weighted by Crippen LogP contribution is -2.40. The van der Waals surface area contributed by atoms with Crippen LogP contribution in [-0.4, -0.2) is 58.9 Å². The molecule has 1 saturated heterocycles. The van der Waals surface area contributed by atoms with Gasteiger partial charge in [-0.1, -0.05) is 38.2 Å². The quantitative estimate of drug-likeness (QED) is 0.276. The molecule has 1 rings (SSSR count). The Hall–Kier alpha value is -0.760. The number of ether oxygens (including phenoxy) is 5. The van der Waals surface area contributed by atoms with Crippen LogP contribution in [0.4, 0.5) is 0 Å². The summed E-state index contributed by atoms with van der Waals surface area (Å²) in [7, 11) is 1.68. The molecular formula is C19H35NO5. The Bertz CT molecular complexity index is 353. The first-order valence-corrected chi connectivity index (χ1v) is 9.35. The Balaban J connectivity index is 2.42. The van der Waals surface area contributed by atoms with E-state index in [0.717, 1.165) is 32.2 Å². The van der Waals surface area contributed by atoms with Crippen molar-refractivity contribution in [3.63, 3.8) is 0 Å². The fourth-order valence-corrected chi connectivity index (χ4v) is 2.27. The summed E-state index contributed by atoms with van der Waals surface area (Å²) in [6.07, 6.45) is 10.6. The highest BCUT2D eigenvalue weighted by Gasteiger charge is 2.44. The molecule has 1 atom stereocenters. The monoisotopic (exact) mass is 357 g/mol. The van der Waals surface area contributed by atoms with E-state index in [1.807, 2.05) is 0 Å². The van der Waals surface area contributed by atoms with Gasteiger partial charge in [0.25, 0.3) is 0 Å². The van der Waals surface area contributed by atoms with E-state index in [1.54, 1.807) is 7.11 Å². The molecule has 6 nitrogen and oxygen atoms in total. The highest BCUT2D eigenvalue weighted by atomic mass is 17.0. The minimum atomic E-state index is -1.38. The molecule has 1 heterocycles. The van der Waals surface area contributed by atoms with Crippen LogP contribution in [0.2, 0.25) is 0 Å². The first-order chi connectivity index (χ1) is 12.3. The molecule has 1 unspecified atom stereocenters. The van der Waals surface area contributed by atoms with Crippen molar-refractivity contribution in [2.75, 3.05) is 46.6 Å². The molecule has 0 amide bonds. The highest BCUT2D eigenvalue weighted by molar-refractivity contribution is 4.81. The van der Waals surface area contributed by atoms with Crippen molar-refractivity contribution >= 4 is 0 Å². The maximum Gasteiger partial charge on any atom is 0.413 e. The smallest absolute Gasteiger partial charge is 0.383 e. The van der Waals surface area contributed by atoms with Crippen molar-refractivity contribution in [1.29, 1.82) is 0 Å². The lowest BCUT2D eigenvalue weighted by molar-refractivity contribution is -0.466. The molecule has 1 N–H and O–H groups in total. The Morgan fingerprint density at radius 2 is 1.64 bits per heavy atom. The van der Waals surface area contributed by atoms with Gasteiger partial charge in [-0.3, -0.25) is 4.74 Å². The first kappa shape index (κ1) is 22.3. The van der Waals surface area contributed by atoms with Gasteiger partial charge in [0.2, 0.25) is 0 Å². The lowest BCUT2D eigenvalue weighted by atomic mass is 10.3. The normalized spacial score (nSPS) is 20.2. The molecule has 1 fully saturated rings. The first-order valence-electron chi connectivity index (χ1n) is 9.35. The van der Waals surface area contributed by atoms with Crippen LogP contribution in [0.1, 0.15) is 39.5 Å². The van der Waals surface area contributed by atoms with Crippen molar-refractivity contribution in [3.05, 3.63) is 24.3 Å². The highest BCUT2D eigenvalue weighted by Crippen LogP contribution is 2.27. The summed E-state index contributed by atoms with van der Waals surface area (Å²) >= 11 is 0. The maximum absolute atomic E-state index is 5.92. The van der Waals surface area contributed by atoms with Gasteiger partial charge in [-0.15, -0.1) is 0 Å². The molecule has 1 aliphatic heterocycles. The number of rotatable bonds is 15. The van der Waals surface area contributed by atoms with Crippen LogP contribution >= 0.6 is 0 Å². The summed E-state index contributed by atoms with van der Waals surface area (Å²) in [5.74, 6) is 0. The Labute approximate surface area is 152 Å². The number of hydrogen-bond acceptors (Lipinski definition) is 6. The van der Waals surface area contributed by atoms with E-state index in [-0.39, 0.29) is 6.10 Å². The lowest BCUT2D eigenvalue weighted by Gasteiger charge is -2.26. The summed E-state index contributed by atoms with van der Waals surface area (Å²) < 4.78 is 28.3. The largest absolute Gasteiger partial charge is 0.413 e. The summed E-state index contributed by atoms with van der Waals surface area (Å²) in [5, 5.41) is 3.27. The van der Waals surface area contributed by atoms with Gasteiger partial charge < -0.3 is 24.3 Å². The molecule has 0 aromatic rings. The Morgan fingerprint density at radius 3 is 2.20 bits per heavy atom. The second-order valence-electron chi connectivity index (χ2n) is 5.78. The van der Waals surface area contributed by atoms with Gasteiger partial charge in [0.15, 0.2) is 0 Å². The third-order valence-corrected chi connectivity index (χ3v) is 3.54. The van der Waals surface area contributed by atoms with Crippen LogP contribution in [0.3, 0.4) is 0 Å². The van der Waals surface area contributed by atoms with Crippen LogP contribution in [-0.2, 0) is 23.7 Å². The van der Waals surface area contributed by atoms with E-state index in [9.17, 15) is 0 Å². The van der Waals surface area contributed by atoms with E-state index >= 15 is 0 Å². The summed E-state index contributed by atoms with van der Waals surface area (Å²) in [5.41, 5.74) is 0. The van der Waals surface area contributed by atoms with E-state index in [0.29, 0.717) is 33.0 Å². The minimum Gasteiger partial charge on any atom is -0.383 e. The van der Waals surface area contributed by atoms with Gasteiger partial charge in [-0.05, 0) is 25.7 Å². The number of nitrogens with one attached hydrogen (secondary N) is 1.